The van der Waals surface area contributed by atoms with E-state index in [4.69, 9.17) is 0 Å². The molecule has 1 fully saturated rings. The summed E-state index contributed by atoms with van der Waals surface area (Å²) < 4.78 is 14.1. The molecule has 1 aliphatic heterocycles. The van der Waals surface area contributed by atoms with Gasteiger partial charge in [0.1, 0.15) is 16.6 Å². The summed E-state index contributed by atoms with van der Waals surface area (Å²) in [6.07, 6.45) is 0. The molecule has 1 aromatic heterocycles. The highest BCUT2D eigenvalue weighted by Crippen LogP contribution is 2.43. The number of nitrogens with zero attached hydrogens (tertiary/aromatic N) is 4. The zero-order chi connectivity index (χ0) is 23.2. The highest BCUT2D eigenvalue weighted by Gasteiger charge is 2.48. The third-order valence-electron chi connectivity index (χ3n) is 5.03. The molecule has 162 valence electrons. The summed E-state index contributed by atoms with van der Waals surface area (Å²) in [6, 6.07) is 8.04. The van der Waals surface area contributed by atoms with Gasteiger partial charge in [0.25, 0.3) is 11.5 Å². The number of aliphatic hydroxyl groups excluding tert-OH is 1. The maximum absolute atomic E-state index is 14.1. The van der Waals surface area contributed by atoms with Crippen molar-refractivity contribution in [1.82, 2.24) is 10.2 Å². The number of nitro benzene ring substituents is 1. The first kappa shape index (κ1) is 21.2. The molecule has 1 amide bonds. The van der Waals surface area contributed by atoms with Crippen LogP contribution in [-0.2, 0) is 9.59 Å². The first-order valence-corrected chi connectivity index (χ1v) is 10.1. The lowest BCUT2D eigenvalue weighted by molar-refractivity contribution is -0.384. The van der Waals surface area contributed by atoms with E-state index in [1.54, 1.807) is 13.8 Å². The Morgan fingerprint density at radius 3 is 2.41 bits per heavy atom. The van der Waals surface area contributed by atoms with Crippen LogP contribution < -0.4 is 4.90 Å². The highest BCUT2D eigenvalue weighted by atomic mass is 32.1. The van der Waals surface area contributed by atoms with E-state index in [0.29, 0.717) is 16.1 Å². The van der Waals surface area contributed by atoms with Gasteiger partial charge in [0.2, 0.25) is 5.13 Å². The number of carbonyl (C=O) groups excluding carboxylic acids is 2. The number of halogens is 1. The number of carbonyl (C=O) groups is 2. The summed E-state index contributed by atoms with van der Waals surface area (Å²) in [5, 5.41) is 30.5. The maximum Gasteiger partial charge on any atom is 0.301 e. The summed E-state index contributed by atoms with van der Waals surface area (Å²) in [5.41, 5.74) is 0.236. The van der Waals surface area contributed by atoms with E-state index in [1.807, 2.05) is 0 Å². The van der Waals surface area contributed by atoms with Gasteiger partial charge in [-0.15, -0.1) is 10.2 Å². The third-order valence-corrected chi connectivity index (χ3v) is 5.87. The van der Waals surface area contributed by atoms with Gasteiger partial charge < -0.3 is 5.11 Å². The van der Waals surface area contributed by atoms with E-state index >= 15 is 0 Å². The molecule has 0 bridgehead atoms. The molecule has 0 saturated carbocycles. The molecule has 1 N–H and O–H groups in total. The van der Waals surface area contributed by atoms with Crippen LogP contribution in [0.4, 0.5) is 15.2 Å². The number of aryl methyl sites for hydroxylation is 2. The summed E-state index contributed by atoms with van der Waals surface area (Å²) in [5.74, 6) is -3.08. The zero-order valence-electron chi connectivity index (χ0n) is 16.8. The largest absolute Gasteiger partial charge is 0.507 e. The molecular formula is C21H15FN4O5S. The molecule has 2 heterocycles. The van der Waals surface area contributed by atoms with Gasteiger partial charge in [0, 0.05) is 17.7 Å². The van der Waals surface area contributed by atoms with Gasteiger partial charge in [-0.2, -0.15) is 0 Å². The van der Waals surface area contributed by atoms with Crippen LogP contribution in [-0.4, -0.2) is 31.9 Å². The number of ketones is 1. The molecule has 2 aromatic carbocycles. The Hall–Kier alpha value is -3.99. The number of aromatic nitrogens is 2. The number of nitro groups is 1. The Bertz CT molecular complexity index is 1300. The third kappa shape index (κ3) is 3.52. The topological polar surface area (TPSA) is 127 Å². The molecule has 3 aromatic rings. The van der Waals surface area contributed by atoms with Gasteiger partial charge in [-0.3, -0.25) is 24.6 Å². The molecule has 32 heavy (non-hydrogen) atoms. The van der Waals surface area contributed by atoms with Crippen LogP contribution in [0.5, 0.6) is 0 Å². The summed E-state index contributed by atoms with van der Waals surface area (Å²) in [4.78, 5) is 37.4. The number of anilines is 1. The zero-order valence-corrected chi connectivity index (χ0v) is 17.6. The van der Waals surface area contributed by atoms with Crippen LogP contribution >= 0.6 is 11.3 Å². The van der Waals surface area contributed by atoms with Gasteiger partial charge >= 0.3 is 5.91 Å². The van der Waals surface area contributed by atoms with E-state index in [0.717, 1.165) is 22.3 Å². The number of non-ortho nitro benzene ring substituents is 1. The Morgan fingerprint density at radius 2 is 1.84 bits per heavy atom. The maximum atomic E-state index is 14.1. The standard InChI is InChI=1S/C21H15FN4O5S/c1-10-3-4-13(9-15(10)22)18(27)16-17(12-5-7-14(8-6-12)26(30)31)25(20(29)19(16)28)21-24-23-11(2)32-21/h3-9,17,27H,1-2H3/t17-/m0/s1. The van der Waals surface area contributed by atoms with Crippen LogP contribution in [0.1, 0.15) is 27.7 Å². The van der Waals surface area contributed by atoms with Crippen LogP contribution in [0.15, 0.2) is 48.0 Å². The summed E-state index contributed by atoms with van der Waals surface area (Å²) >= 11 is 1.07. The number of Topliss-reactive ketones (excluding diaryl/α,β-unsaturated/α-hetero) is 1. The summed E-state index contributed by atoms with van der Waals surface area (Å²) in [7, 11) is 0. The first-order chi connectivity index (χ1) is 15.2. The van der Waals surface area contributed by atoms with E-state index < -0.39 is 34.2 Å². The number of amides is 1. The molecule has 11 heteroatoms. The normalized spacial score (nSPS) is 17.7. The second-order valence-corrected chi connectivity index (χ2v) is 8.25. The van der Waals surface area contributed by atoms with Crippen molar-refractivity contribution in [3.63, 3.8) is 0 Å². The smallest absolute Gasteiger partial charge is 0.301 e. The fraction of sp³-hybridized carbons (Fsp3) is 0.143. The monoisotopic (exact) mass is 454 g/mol. The average Bonchev–Trinajstić information content (AvgIpc) is 3.30. The predicted molar refractivity (Wildman–Crippen MR) is 114 cm³/mol. The van der Waals surface area contributed by atoms with Gasteiger partial charge in [0.05, 0.1) is 16.5 Å². The van der Waals surface area contributed by atoms with Crippen molar-refractivity contribution >= 4 is 39.6 Å². The number of benzene rings is 2. The SMILES string of the molecule is Cc1nnc(N2C(=O)C(=O)C(=C(O)c3ccc(C)c(F)c3)[C@@H]2c2ccc([N+](=O)[O-])cc2)s1. The fourth-order valence-electron chi connectivity index (χ4n) is 3.40. The fourth-order valence-corrected chi connectivity index (χ4v) is 4.12. The van der Waals surface area contributed by atoms with Crippen molar-refractivity contribution in [2.45, 2.75) is 19.9 Å². The van der Waals surface area contributed by atoms with Crippen LogP contribution in [0.2, 0.25) is 0 Å². The predicted octanol–water partition coefficient (Wildman–Crippen LogP) is 3.83. The molecule has 0 radical (unpaired) electrons. The highest BCUT2D eigenvalue weighted by molar-refractivity contribution is 7.15. The van der Waals surface area contributed by atoms with Crippen LogP contribution in [0.3, 0.4) is 0 Å². The van der Waals surface area contributed by atoms with Gasteiger partial charge in [-0.25, -0.2) is 4.39 Å². The number of hydrogen-bond acceptors (Lipinski definition) is 8. The molecule has 0 spiro atoms. The number of aliphatic hydroxyl groups is 1. The molecule has 1 saturated heterocycles. The second-order valence-electron chi connectivity index (χ2n) is 7.09. The van der Waals surface area contributed by atoms with Crippen molar-refractivity contribution < 1.29 is 24.0 Å². The Kier molecular flexibility index (Phi) is 5.26. The van der Waals surface area contributed by atoms with Crippen molar-refractivity contribution in [1.29, 1.82) is 0 Å². The first-order valence-electron chi connectivity index (χ1n) is 9.31. The van der Waals surface area contributed by atoms with Crippen molar-refractivity contribution in [2.75, 3.05) is 4.90 Å². The molecule has 0 aliphatic carbocycles. The molecule has 9 nitrogen and oxygen atoms in total. The Labute approximate surface area is 184 Å². The minimum absolute atomic E-state index is 0.0199. The molecule has 1 aliphatic rings. The second kappa shape index (κ2) is 7.93. The van der Waals surface area contributed by atoms with Crippen LogP contribution in [0, 0.1) is 29.8 Å². The number of rotatable bonds is 4. The van der Waals surface area contributed by atoms with E-state index in [1.165, 1.54) is 36.4 Å². The van der Waals surface area contributed by atoms with Crippen LogP contribution in [0.25, 0.3) is 5.76 Å². The average molecular weight is 454 g/mol. The van der Waals surface area contributed by atoms with E-state index in [2.05, 4.69) is 10.2 Å². The molecular weight excluding hydrogens is 439 g/mol. The van der Waals surface area contributed by atoms with Gasteiger partial charge in [-0.05, 0) is 43.2 Å². The number of hydrogen-bond donors (Lipinski definition) is 1. The Morgan fingerprint density at radius 1 is 1.16 bits per heavy atom. The molecule has 0 unspecified atom stereocenters. The summed E-state index contributed by atoms with van der Waals surface area (Å²) in [6.45, 7) is 3.22. The van der Waals surface area contributed by atoms with Crippen molar-refractivity contribution in [2.24, 2.45) is 0 Å². The minimum Gasteiger partial charge on any atom is -0.507 e. The lowest BCUT2D eigenvalue weighted by atomic mass is 9.95. The van der Waals surface area contributed by atoms with E-state index in [-0.39, 0.29) is 22.0 Å². The van der Waals surface area contributed by atoms with Gasteiger partial charge in [-0.1, -0.05) is 23.5 Å². The van der Waals surface area contributed by atoms with Crippen molar-refractivity contribution in [3.05, 3.63) is 85.7 Å². The van der Waals surface area contributed by atoms with Gasteiger partial charge in [0.15, 0.2) is 0 Å². The lowest BCUT2D eigenvalue weighted by Crippen LogP contribution is -2.29. The quantitative estimate of drug-likeness (QED) is 0.209. The molecule has 1 atom stereocenters. The lowest BCUT2D eigenvalue weighted by Gasteiger charge is -2.22. The molecule has 4 rings (SSSR count). The Balaban J connectivity index is 1.93. The van der Waals surface area contributed by atoms with Crippen molar-refractivity contribution in [3.8, 4) is 0 Å². The minimum atomic E-state index is -1.13. The van der Waals surface area contributed by atoms with E-state index in [9.17, 15) is 29.2 Å².